The molecule has 0 bridgehead atoms. The molecule has 2 heterocycles. The third-order valence-corrected chi connectivity index (χ3v) is 4.52. The van der Waals surface area contributed by atoms with E-state index in [4.69, 9.17) is 14.2 Å². The van der Waals surface area contributed by atoms with E-state index >= 15 is 0 Å². The molecule has 2 amide bonds. The topological polar surface area (TPSA) is 77.1 Å². The Hall–Kier alpha value is -3.29. The van der Waals surface area contributed by atoms with Crippen LogP contribution in [0.4, 0.5) is 10.1 Å². The van der Waals surface area contributed by atoms with Gasteiger partial charge in [0.15, 0.2) is 29.7 Å². The van der Waals surface area contributed by atoms with Gasteiger partial charge in [0.1, 0.15) is 13.2 Å². The summed E-state index contributed by atoms with van der Waals surface area (Å²) in [5.41, 5.74) is 0.689. The average Bonchev–Trinajstić information content (AvgIpc) is 3.07. The fraction of sp³-hybridized carbons (Fsp3) is 0.300. The maximum Gasteiger partial charge on any atom is 0.258 e. The summed E-state index contributed by atoms with van der Waals surface area (Å²) in [6.45, 7) is 0.975. The van der Waals surface area contributed by atoms with Gasteiger partial charge in [-0.3, -0.25) is 9.59 Å². The van der Waals surface area contributed by atoms with Crippen LogP contribution in [0.1, 0.15) is 6.42 Å². The van der Waals surface area contributed by atoms with E-state index in [1.54, 1.807) is 35.2 Å². The summed E-state index contributed by atoms with van der Waals surface area (Å²) in [6.07, 6.45) is 0.180. The first-order chi connectivity index (χ1) is 13.6. The van der Waals surface area contributed by atoms with Crippen LogP contribution in [0.3, 0.4) is 0 Å². The number of halogens is 1. The molecule has 1 N–H and O–H groups in total. The van der Waals surface area contributed by atoms with Crippen LogP contribution in [0.15, 0.2) is 42.5 Å². The molecule has 2 aliphatic rings. The summed E-state index contributed by atoms with van der Waals surface area (Å²) >= 11 is 0. The molecule has 2 aromatic rings. The molecule has 7 nitrogen and oxygen atoms in total. The Morgan fingerprint density at radius 2 is 1.96 bits per heavy atom. The number of hydrogen-bond acceptors (Lipinski definition) is 5. The van der Waals surface area contributed by atoms with Crippen LogP contribution in [0.2, 0.25) is 0 Å². The maximum atomic E-state index is 13.5. The molecule has 2 aromatic carbocycles. The molecule has 0 aliphatic carbocycles. The second-order valence-corrected chi connectivity index (χ2v) is 6.52. The van der Waals surface area contributed by atoms with Gasteiger partial charge in [0.2, 0.25) is 5.91 Å². The molecule has 0 aromatic heterocycles. The quantitative estimate of drug-likeness (QED) is 0.849. The van der Waals surface area contributed by atoms with E-state index < -0.39 is 11.7 Å². The Labute approximate surface area is 161 Å². The van der Waals surface area contributed by atoms with Crippen molar-refractivity contribution in [1.29, 1.82) is 0 Å². The molecule has 0 radical (unpaired) electrons. The highest BCUT2D eigenvalue weighted by Gasteiger charge is 2.32. The largest absolute Gasteiger partial charge is 0.486 e. The second-order valence-electron chi connectivity index (χ2n) is 6.52. The average molecular weight is 386 g/mol. The number of hydrogen-bond donors (Lipinski definition) is 1. The molecule has 28 heavy (non-hydrogen) atoms. The highest BCUT2D eigenvalue weighted by Crippen LogP contribution is 2.35. The number of nitrogens with one attached hydrogen (secondary N) is 1. The first-order valence-corrected chi connectivity index (χ1v) is 8.97. The van der Waals surface area contributed by atoms with E-state index in [0.29, 0.717) is 36.9 Å². The van der Waals surface area contributed by atoms with E-state index in [2.05, 4.69) is 5.32 Å². The molecule has 146 valence electrons. The molecule has 1 atom stereocenters. The van der Waals surface area contributed by atoms with Crippen molar-refractivity contribution in [2.75, 3.05) is 31.3 Å². The minimum atomic E-state index is -0.531. The number of benzene rings is 2. The fourth-order valence-corrected chi connectivity index (χ4v) is 3.23. The van der Waals surface area contributed by atoms with Crippen molar-refractivity contribution in [1.82, 2.24) is 5.32 Å². The Morgan fingerprint density at radius 3 is 2.79 bits per heavy atom. The van der Waals surface area contributed by atoms with Crippen molar-refractivity contribution in [2.24, 2.45) is 0 Å². The lowest BCUT2D eigenvalue weighted by atomic mass is 10.2. The summed E-state index contributed by atoms with van der Waals surface area (Å²) in [5.74, 6) is 0.218. The molecular weight excluding hydrogens is 367 g/mol. The summed E-state index contributed by atoms with van der Waals surface area (Å²) in [5, 5.41) is 2.76. The molecule has 1 saturated heterocycles. The van der Waals surface area contributed by atoms with E-state index in [1.807, 2.05) is 0 Å². The number of rotatable bonds is 5. The minimum Gasteiger partial charge on any atom is -0.486 e. The lowest BCUT2D eigenvalue weighted by Gasteiger charge is -2.22. The molecular formula is C20H19FN2O5. The number of ether oxygens (including phenoxy) is 3. The number of carbonyl (C=O) groups excluding carboxylic acids is 2. The fourth-order valence-electron chi connectivity index (χ4n) is 3.23. The Morgan fingerprint density at radius 1 is 1.18 bits per heavy atom. The van der Waals surface area contributed by atoms with Crippen LogP contribution in [-0.4, -0.2) is 44.2 Å². The predicted octanol–water partition coefficient (Wildman–Crippen LogP) is 1.90. The predicted molar refractivity (Wildman–Crippen MR) is 98.2 cm³/mol. The van der Waals surface area contributed by atoms with E-state index in [0.717, 1.165) is 0 Å². The van der Waals surface area contributed by atoms with Crippen molar-refractivity contribution < 1.29 is 28.2 Å². The van der Waals surface area contributed by atoms with Gasteiger partial charge < -0.3 is 24.4 Å². The third kappa shape index (κ3) is 3.85. The van der Waals surface area contributed by atoms with Crippen molar-refractivity contribution in [3.05, 3.63) is 48.3 Å². The number of anilines is 1. The van der Waals surface area contributed by atoms with Crippen LogP contribution in [0.25, 0.3) is 0 Å². The summed E-state index contributed by atoms with van der Waals surface area (Å²) in [6, 6.07) is 10.8. The van der Waals surface area contributed by atoms with Gasteiger partial charge >= 0.3 is 0 Å². The first-order valence-electron chi connectivity index (χ1n) is 8.97. The second kappa shape index (κ2) is 7.75. The summed E-state index contributed by atoms with van der Waals surface area (Å²) in [7, 11) is 0. The van der Waals surface area contributed by atoms with Crippen LogP contribution < -0.4 is 24.4 Å². The lowest BCUT2D eigenvalue weighted by Crippen LogP contribution is -2.39. The zero-order valence-corrected chi connectivity index (χ0v) is 15.0. The van der Waals surface area contributed by atoms with Gasteiger partial charge in [-0.15, -0.1) is 0 Å². The third-order valence-electron chi connectivity index (χ3n) is 4.52. The number of carbonyl (C=O) groups is 2. The van der Waals surface area contributed by atoms with E-state index in [1.165, 1.54) is 12.1 Å². The molecule has 8 heteroatoms. The monoisotopic (exact) mass is 386 g/mol. The highest BCUT2D eigenvalue weighted by atomic mass is 19.1. The number of fused-ring (bicyclic) bond motifs is 1. The Balaban J connectivity index is 1.34. The van der Waals surface area contributed by atoms with Crippen LogP contribution in [0.5, 0.6) is 17.2 Å². The summed E-state index contributed by atoms with van der Waals surface area (Å²) in [4.78, 5) is 26.1. The normalized spacial score (nSPS) is 18.1. The molecule has 4 rings (SSSR count). The van der Waals surface area contributed by atoms with Crippen molar-refractivity contribution in [3.63, 3.8) is 0 Å². The standard InChI is InChI=1S/C20H19FN2O5/c21-15-3-1-2-4-16(15)28-12-19(24)22-13-9-20(25)23(11-13)14-5-6-17-18(10-14)27-8-7-26-17/h1-6,10,13H,7-9,11-12H2,(H,22,24)/t13-/m0/s1. The van der Waals surface area contributed by atoms with E-state index in [-0.39, 0.29) is 30.7 Å². The van der Waals surface area contributed by atoms with Crippen LogP contribution in [0, 0.1) is 5.82 Å². The number of nitrogens with zero attached hydrogens (tertiary/aromatic N) is 1. The molecule has 2 aliphatic heterocycles. The summed E-state index contributed by atoms with van der Waals surface area (Å²) < 4.78 is 29.8. The van der Waals surface area contributed by atoms with Crippen molar-refractivity contribution in [3.8, 4) is 17.2 Å². The van der Waals surface area contributed by atoms with Gasteiger partial charge in [-0.05, 0) is 24.3 Å². The molecule has 0 saturated carbocycles. The van der Waals surface area contributed by atoms with Gasteiger partial charge in [0, 0.05) is 24.7 Å². The molecule has 1 fully saturated rings. The first kappa shape index (κ1) is 18.1. The number of amides is 2. The molecule has 0 spiro atoms. The smallest absolute Gasteiger partial charge is 0.258 e. The zero-order valence-electron chi connectivity index (χ0n) is 15.0. The van der Waals surface area contributed by atoms with E-state index in [9.17, 15) is 14.0 Å². The molecule has 0 unspecified atom stereocenters. The van der Waals surface area contributed by atoms with Gasteiger partial charge in [-0.2, -0.15) is 0 Å². The number of para-hydroxylation sites is 1. The lowest BCUT2D eigenvalue weighted by molar-refractivity contribution is -0.123. The van der Waals surface area contributed by atoms with Crippen molar-refractivity contribution in [2.45, 2.75) is 12.5 Å². The van der Waals surface area contributed by atoms with Gasteiger partial charge in [0.05, 0.1) is 6.04 Å². The Kier molecular flexibility index (Phi) is 5.01. The minimum absolute atomic E-state index is 0.0121. The van der Waals surface area contributed by atoms with Gasteiger partial charge in [-0.1, -0.05) is 12.1 Å². The van der Waals surface area contributed by atoms with Crippen LogP contribution >= 0.6 is 0 Å². The highest BCUT2D eigenvalue weighted by molar-refractivity contribution is 5.97. The Bertz CT molecular complexity index is 904. The SMILES string of the molecule is O=C(COc1ccccc1F)N[C@H]1CC(=O)N(c2ccc3c(c2)OCCO3)C1. The zero-order chi connectivity index (χ0) is 19.5. The van der Waals surface area contributed by atoms with Gasteiger partial charge in [-0.25, -0.2) is 4.39 Å². The van der Waals surface area contributed by atoms with Crippen molar-refractivity contribution >= 4 is 17.5 Å². The maximum absolute atomic E-state index is 13.5. The van der Waals surface area contributed by atoms with Crippen LogP contribution in [-0.2, 0) is 9.59 Å². The van der Waals surface area contributed by atoms with Gasteiger partial charge in [0.25, 0.3) is 5.91 Å².